The fraction of sp³-hybridized carbons (Fsp3) is 0.417. The Morgan fingerprint density at radius 2 is 1.89 bits per heavy atom. The summed E-state index contributed by atoms with van der Waals surface area (Å²) in [6, 6.07) is 8.32. The molecule has 1 unspecified atom stereocenters. The van der Waals surface area contributed by atoms with Crippen molar-refractivity contribution in [3.63, 3.8) is 0 Å². The molecule has 0 aliphatic heterocycles. The van der Waals surface area contributed by atoms with Gasteiger partial charge in [0.1, 0.15) is 4.83 Å². The Morgan fingerprint density at radius 1 is 1.28 bits per heavy atom. The van der Waals surface area contributed by atoms with Crippen LogP contribution in [0, 0.1) is 0 Å². The topological polar surface area (TPSA) is 26.3 Å². The van der Waals surface area contributed by atoms with Crippen LogP contribution in [0.2, 0.25) is 0 Å². The summed E-state index contributed by atoms with van der Waals surface area (Å²) < 4.78 is 41.3. The minimum absolute atomic E-state index is 0.0219. The van der Waals surface area contributed by atoms with E-state index in [1.165, 1.54) is 0 Å². The minimum Gasteiger partial charge on any atom is -0.462 e. The van der Waals surface area contributed by atoms with Gasteiger partial charge in [0.15, 0.2) is 0 Å². The van der Waals surface area contributed by atoms with Crippen LogP contribution in [0.4, 0.5) is 13.2 Å². The summed E-state index contributed by atoms with van der Waals surface area (Å²) in [6.07, 6.45) is -4.22. The van der Waals surface area contributed by atoms with Crippen LogP contribution >= 0.6 is 15.9 Å². The highest BCUT2D eigenvalue weighted by Crippen LogP contribution is 2.29. The van der Waals surface area contributed by atoms with Gasteiger partial charge in [0.25, 0.3) is 0 Å². The molecule has 0 fully saturated rings. The Hall–Kier alpha value is -1.04. The number of rotatable bonds is 5. The van der Waals surface area contributed by atoms with E-state index in [-0.39, 0.29) is 19.4 Å². The Labute approximate surface area is 111 Å². The quantitative estimate of drug-likeness (QED) is 0.465. The second-order valence-corrected chi connectivity index (χ2v) is 4.76. The number of esters is 1. The molecule has 0 saturated carbocycles. The molecule has 1 aromatic carbocycles. The summed E-state index contributed by atoms with van der Waals surface area (Å²) >= 11 is 2.54. The summed E-state index contributed by atoms with van der Waals surface area (Å²) in [5, 5.41) is 0. The molecule has 100 valence electrons. The number of carbonyl (C=O) groups excluding carboxylic acids is 1. The van der Waals surface area contributed by atoms with E-state index in [4.69, 9.17) is 4.74 Å². The van der Waals surface area contributed by atoms with Crippen LogP contribution in [-0.4, -0.2) is 23.6 Å². The van der Waals surface area contributed by atoms with E-state index >= 15 is 0 Å². The van der Waals surface area contributed by atoms with Crippen LogP contribution in [0.15, 0.2) is 30.3 Å². The molecular formula is C12H12BrF3O2. The van der Waals surface area contributed by atoms with Crippen molar-refractivity contribution in [3.8, 4) is 0 Å². The maximum atomic E-state index is 12.1. The molecule has 0 radical (unpaired) electrons. The fourth-order valence-electron chi connectivity index (χ4n) is 1.25. The Morgan fingerprint density at radius 3 is 2.44 bits per heavy atom. The summed E-state index contributed by atoms with van der Waals surface area (Å²) in [6.45, 7) is -0.0219. The maximum absolute atomic E-state index is 12.1. The average Bonchev–Trinajstić information content (AvgIpc) is 2.34. The molecule has 0 bridgehead atoms. The van der Waals surface area contributed by atoms with Crippen molar-refractivity contribution < 1.29 is 22.7 Å². The second kappa shape index (κ2) is 6.78. The molecular weight excluding hydrogens is 313 g/mol. The number of halogens is 4. The highest BCUT2D eigenvalue weighted by atomic mass is 79.9. The van der Waals surface area contributed by atoms with Crippen molar-refractivity contribution >= 4 is 21.9 Å². The molecule has 6 heteroatoms. The van der Waals surface area contributed by atoms with Gasteiger partial charge in [-0.25, -0.2) is 4.79 Å². The van der Waals surface area contributed by atoms with E-state index in [0.29, 0.717) is 5.56 Å². The molecule has 0 aliphatic carbocycles. The smallest absolute Gasteiger partial charge is 0.401 e. The van der Waals surface area contributed by atoms with Crippen LogP contribution in [0.25, 0.3) is 0 Å². The number of hydrogen-bond donors (Lipinski definition) is 0. The number of hydrogen-bond acceptors (Lipinski definition) is 2. The first-order valence-electron chi connectivity index (χ1n) is 5.34. The molecule has 0 N–H and O–H groups in total. The van der Waals surface area contributed by atoms with Gasteiger partial charge >= 0.3 is 12.1 Å². The van der Waals surface area contributed by atoms with Crippen molar-refractivity contribution in [2.75, 3.05) is 6.61 Å². The molecule has 1 aromatic rings. The number of alkyl halides is 4. The van der Waals surface area contributed by atoms with Gasteiger partial charge in [-0.1, -0.05) is 34.1 Å². The standard InChI is InChI=1S/C12H12BrF3O2/c13-10(12(14,15)16)7-4-8-18-11(17)9-5-2-1-3-6-9/h1-3,5-6,10H,4,7-8H2. The summed E-state index contributed by atoms with van der Waals surface area (Å²) in [7, 11) is 0. The molecule has 0 aromatic heterocycles. The van der Waals surface area contributed by atoms with E-state index in [1.54, 1.807) is 30.3 Å². The summed E-state index contributed by atoms with van der Waals surface area (Å²) in [5.41, 5.74) is 0.392. The predicted molar refractivity (Wildman–Crippen MR) is 64.7 cm³/mol. The van der Waals surface area contributed by atoms with Crippen molar-refractivity contribution in [1.29, 1.82) is 0 Å². The van der Waals surface area contributed by atoms with Gasteiger partial charge in [-0.2, -0.15) is 13.2 Å². The van der Waals surface area contributed by atoms with E-state index in [2.05, 4.69) is 15.9 Å². The number of carbonyl (C=O) groups is 1. The first-order valence-corrected chi connectivity index (χ1v) is 6.26. The van der Waals surface area contributed by atoms with Gasteiger partial charge in [0.2, 0.25) is 0 Å². The Kier molecular flexibility index (Phi) is 5.65. The van der Waals surface area contributed by atoms with Gasteiger partial charge in [0, 0.05) is 0 Å². The lowest BCUT2D eigenvalue weighted by atomic mass is 10.2. The largest absolute Gasteiger partial charge is 0.462 e. The van der Waals surface area contributed by atoms with Crippen molar-refractivity contribution in [3.05, 3.63) is 35.9 Å². The lowest BCUT2D eigenvalue weighted by molar-refractivity contribution is -0.128. The van der Waals surface area contributed by atoms with Crippen LogP contribution < -0.4 is 0 Å². The molecule has 0 aliphatic rings. The van der Waals surface area contributed by atoms with Crippen LogP contribution in [0.3, 0.4) is 0 Å². The fourth-order valence-corrected chi connectivity index (χ4v) is 1.57. The molecule has 0 saturated heterocycles. The van der Waals surface area contributed by atoms with Gasteiger partial charge < -0.3 is 4.74 Å². The minimum atomic E-state index is -4.26. The van der Waals surface area contributed by atoms with Crippen LogP contribution in [0.5, 0.6) is 0 Å². The molecule has 2 nitrogen and oxygen atoms in total. The Bertz CT molecular complexity index is 379. The monoisotopic (exact) mass is 324 g/mol. The SMILES string of the molecule is O=C(OCCCC(Br)C(F)(F)F)c1ccccc1. The van der Waals surface area contributed by atoms with Gasteiger partial charge in [0.05, 0.1) is 12.2 Å². The zero-order valence-electron chi connectivity index (χ0n) is 9.41. The van der Waals surface area contributed by atoms with E-state index in [0.717, 1.165) is 0 Å². The third-order valence-electron chi connectivity index (χ3n) is 2.20. The first-order chi connectivity index (χ1) is 8.41. The lowest BCUT2D eigenvalue weighted by Gasteiger charge is -2.13. The zero-order chi connectivity index (χ0) is 13.6. The first kappa shape index (κ1) is 15.0. The normalized spacial score (nSPS) is 13.1. The second-order valence-electron chi connectivity index (χ2n) is 3.65. The van der Waals surface area contributed by atoms with Crippen molar-refractivity contribution in [2.24, 2.45) is 0 Å². The third-order valence-corrected chi connectivity index (χ3v) is 3.18. The van der Waals surface area contributed by atoms with Crippen LogP contribution in [0.1, 0.15) is 23.2 Å². The number of benzene rings is 1. The molecule has 1 atom stereocenters. The van der Waals surface area contributed by atoms with E-state index < -0.39 is 17.0 Å². The summed E-state index contributed by atoms with van der Waals surface area (Å²) in [4.78, 5) is 9.87. The van der Waals surface area contributed by atoms with Crippen molar-refractivity contribution in [2.45, 2.75) is 23.8 Å². The van der Waals surface area contributed by atoms with Crippen LogP contribution in [-0.2, 0) is 4.74 Å². The lowest BCUT2D eigenvalue weighted by Crippen LogP contribution is -2.23. The molecule has 0 amide bonds. The van der Waals surface area contributed by atoms with Crippen molar-refractivity contribution in [1.82, 2.24) is 0 Å². The van der Waals surface area contributed by atoms with Gasteiger partial charge in [-0.05, 0) is 25.0 Å². The molecule has 18 heavy (non-hydrogen) atoms. The van der Waals surface area contributed by atoms with Gasteiger partial charge in [-0.15, -0.1) is 0 Å². The summed E-state index contributed by atoms with van der Waals surface area (Å²) in [5.74, 6) is -0.520. The predicted octanol–water partition coefficient (Wildman–Crippen LogP) is 3.95. The number of ether oxygens (including phenoxy) is 1. The highest BCUT2D eigenvalue weighted by molar-refractivity contribution is 9.09. The highest BCUT2D eigenvalue weighted by Gasteiger charge is 2.36. The zero-order valence-corrected chi connectivity index (χ0v) is 11.0. The van der Waals surface area contributed by atoms with E-state index in [9.17, 15) is 18.0 Å². The molecule has 0 spiro atoms. The Balaban J connectivity index is 2.25. The molecule has 1 rings (SSSR count). The van der Waals surface area contributed by atoms with Gasteiger partial charge in [-0.3, -0.25) is 0 Å². The third kappa shape index (κ3) is 5.08. The van der Waals surface area contributed by atoms with E-state index in [1.807, 2.05) is 0 Å². The molecule has 0 heterocycles. The average molecular weight is 325 g/mol. The maximum Gasteiger partial charge on any atom is 0.401 e.